The maximum atomic E-state index is 12.5. The number of anilines is 1. The summed E-state index contributed by atoms with van der Waals surface area (Å²) in [5.41, 5.74) is 1.96. The molecule has 0 bridgehead atoms. The highest BCUT2D eigenvalue weighted by Crippen LogP contribution is 2.37. The van der Waals surface area contributed by atoms with Crippen molar-refractivity contribution in [3.8, 4) is 0 Å². The predicted molar refractivity (Wildman–Crippen MR) is 63.1 cm³/mol. The van der Waals surface area contributed by atoms with Crippen LogP contribution < -0.4 is 5.73 Å². The molecule has 0 saturated carbocycles. The molecule has 0 radical (unpaired) electrons. The van der Waals surface area contributed by atoms with Crippen LogP contribution in [0, 0.1) is 0 Å². The number of carboxylic acid groups (broad SMARTS) is 2. The zero-order chi connectivity index (χ0) is 15.7. The van der Waals surface area contributed by atoms with Crippen LogP contribution in [-0.4, -0.2) is 22.2 Å². The third-order valence-electron chi connectivity index (χ3n) is 2.95. The first-order chi connectivity index (χ1) is 8.98. The number of aliphatic carboxylic acids is 2. The van der Waals surface area contributed by atoms with Crippen LogP contribution in [0.5, 0.6) is 0 Å². The van der Waals surface area contributed by atoms with E-state index in [9.17, 15) is 22.8 Å². The summed E-state index contributed by atoms with van der Waals surface area (Å²) in [7, 11) is 0. The molecule has 0 aliphatic rings. The number of nitrogen functional groups attached to an aromatic ring is 1. The van der Waals surface area contributed by atoms with Crippen LogP contribution in [0.2, 0.25) is 0 Å². The second-order valence-electron chi connectivity index (χ2n) is 4.51. The Kier molecular flexibility index (Phi) is 3.97. The summed E-state index contributed by atoms with van der Waals surface area (Å²) in [6.45, 7) is 1.10. The van der Waals surface area contributed by atoms with E-state index < -0.39 is 41.2 Å². The standard InChI is InChI=1S/C12H12F3NO4/c1-11(10(19)20,5-9(17)18)7-3-2-6(4-8(7)16)12(13,14)15/h2-4H,5,16H2,1H3,(H,17,18)(H,19,20). The Morgan fingerprint density at radius 3 is 2.15 bits per heavy atom. The molecule has 1 rings (SSSR count). The van der Waals surface area contributed by atoms with Gasteiger partial charge in [0.1, 0.15) is 5.41 Å². The summed E-state index contributed by atoms with van der Waals surface area (Å²) >= 11 is 0. The second-order valence-corrected chi connectivity index (χ2v) is 4.51. The molecule has 0 aromatic heterocycles. The minimum atomic E-state index is -4.61. The molecule has 5 nitrogen and oxygen atoms in total. The summed E-state index contributed by atoms with van der Waals surface area (Å²) in [6, 6.07) is 2.17. The summed E-state index contributed by atoms with van der Waals surface area (Å²) in [6.07, 6.45) is -5.41. The molecule has 1 aromatic carbocycles. The number of nitrogens with two attached hydrogens (primary N) is 1. The second kappa shape index (κ2) is 5.03. The molecule has 0 aliphatic carbocycles. The van der Waals surface area contributed by atoms with Gasteiger partial charge in [0.15, 0.2) is 0 Å². The topological polar surface area (TPSA) is 101 Å². The average molecular weight is 291 g/mol. The first-order valence-corrected chi connectivity index (χ1v) is 5.41. The van der Waals surface area contributed by atoms with Gasteiger partial charge in [-0.25, -0.2) is 0 Å². The molecule has 8 heteroatoms. The Bertz CT molecular complexity index is 556. The van der Waals surface area contributed by atoms with Gasteiger partial charge in [0.2, 0.25) is 0 Å². The van der Waals surface area contributed by atoms with Crippen molar-refractivity contribution < 1.29 is 33.0 Å². The van der Waals surface area contributed by atoms with Gasteiger partial charge in [-0.05, 0) is 24.6 Å². The van der Waals surface area contributed by atoms with Crippen molar-refractivity contribution in [1.82, 2.24) is 0 Å². The van der Waals surface area contributed by atoms with Crippen molar-refractivity contribution >= 4 is 17.6 Å². The molecule has 0 amide bonds. The molecule has 0 aliphatic heterocycles. The fourth-order valence-electron chi connectivity index (χ4n) is 1.83. The molecule has 110 valence electrons. The molecule has 1 unspecified atom stereocenters. The summed E-state index contributed by atoms with van der Waals surface area (Å²) in [5, 5.41) is 17.9. The molecule has 4 N–H and O–H groups in total. The lowest BCUT2D eigenvalue weighted by Crippen LogP contribution is -2.35. The van der Waals surface area contributed by atoms with Crippen LogP contribution in [0.15, 0.2) is 18.2 Å². The first kappa shape index (κ1) is 15.8. The van der Waals surface area contributed by atoms with Crippen molar-refractivity contribution in [3.05, 3.63) is 29.3 Å². The van der Waals surface area contributed by atoms with Crippen LogP contribution in [0.3, 0.4) is 0 Å². The number of alkyl halides is 3. The molecule has 1 aromatic rings. The number of halogens is 3. The summed E-state index contributed by atoms with van der Waals surface area (Å²) in [5.74, 6) is -2.87. The van der Waals surface area contributed by atoms with Crippen molar-refractivity contribution in [2.24, 2.45) is 0 Å². The van der Waals surface area contributed by atoms with Crippen LogP contribution in [0.4, 0.5) is 18.9 Å². The van der Waals surface area contributed by atoms with Gasteiger partial charge in [-0.1, -0.05) is 6.07 Å². The molecular weight excluding hydrogens is 279 g/mol. The predicted octanol–water partition coefficient (Wildman–Crippen LogP) is 2.10. The van der Waals surface area contributed by atoms with Gasteiger partial charge in [0, 0.05) is 5.69 Å². The average Bonchev–Trinajstić information content (AvgIpc) is 2.25. The lowest BCUT2D eigenvalue weighted by molar-refractivity contribution is -0.149. The Morgan fingerprint density at radius 2 is 1.80 bits per heavy atom. The molecule has 20 heavy (non-hydrogen) atoms. The first-order valence-electron chi connectivity index (χ1n) is 5.41. The lowest BCUT2D eigenvalue weighted by Gasteiger charge is -2.25. The SMILES string of the molecule is CC(CC(=O)O)(C(=O)O)c1ccc(C(F)(F)F)cc1N. The Labute approximate surface area is 111 Å². The number of rotatable bonds is 4. The Balaban J connectivity index is 3.37. The maximum Gasteiger partial charge on any atom is 0.416 e. The Hall–Kier alpha value is -2.25. The van der Waals surface area contributed by atoms with Gasteiger partial charge in [-0.3, -0.25) is 9.59 Å². The van der Waals surface area contributed by atoms with Gasteiger partial charge >= 0.3 is 18.1 Å². The molecule has 0 fully saturated rings. The van der Waals surface area contributed by atoms with Gasteiger partial charge < -0.3 is 15.9 Å². The van der Waals surface area contributed by atoms with Crippen molar-refractivity contribution in [1.29, 1.82) is 0 Å². The highest BCUT2D eigenvalue weighted by Gasteiger charge is 2.40. The molecular formula is C12H12F3NO4. The third kappa shape index (κ3) is 3.01. The minimum absolute atomic E-state index is 0.166. The maximum absolute atomic E-state index is 12.5. The van der Waals surface area contributed by atoms with Gasteiger partial charge in [0.25, 0.3) is 0 Å². The van der Waals surface area contributed by atoms with E-state index in [-0.39, 0.29) is 5.56 Å². The van der Waals surface area contributed by atoms with E-state index in [1.54, 1.807) is 0 Å². The number of benzene rings is 1. The van der Waals surface area contributed by atoms with E-state index in [2.05, 4.69) is 0 Å². The van der Waals surface area contributed by atoms with Gasteiger partial charge in [0.05, 0.1) is 12.0 Å². The van der Waals surface area contributed by atoms with E-state index in [1.165, 1.54) is 0 Å². The highest BCUT2D eigenvalue weighted by atomic mass is 19.4. The summed E-state index contributed by atoms with van der Waals surface area (Å²) in [4.78, 5) is 22.0. The summed E-state index contributed by atoms with van der Waals surface area (Å²) < 4.78 is 37.5. The van der Waals surface area contributed by atoms with Crippen LogP contribution in [-0.2, 0) is 21.2 Å². The molecule has 1 atom stereocenters. The number of hydrogen-bond donors (Lipinski definition) is 3. The van der Waals surface area contributed by atoms with Crippen molar-refractivity contribution in [2.45, 2.75) is 24.9 Å². The molecule has 0 saturated heterocycles. The van der Waals surface area contributed by atoms with Crippen molar-refractivity contribution in [3.63, 3.8) is 0 Å². The monoisotopic (exact) mass is 291 g/mol. The number of carboxylic acids is 2. The largest absolute Gasteiger partial charge is 0.481 e. The normalized spacial score (nSPS) is 14.6. The fourth-order valence-corrected chi connectivity index (χ4v) is 1.83. The van der Waals surface area contributed by atoms with Crippen LogP contribution in [0.1, 0.15) is 24.5 Å². The minimum Gasteiger partial charge on any atom is -0.481 e. The smallest absolute Gasteiger partial charge is 0.416 e. The zero-order valence-corrected chi connectivity index (χ0v) is 10.4. The van der Waals surface area contributed by atoms with E-state index in [0.717, 1.165) is 13.0 Å². The number of carbonyl (C=O) groups is 2. The number of hydrogen-bond acceptors (Lipinski definition) is 3. The lowest BCUT2D eigenvalue weighted by atomic mass is 9.78. The van der Waals surface area contributed by atoms with E-state index in [4.69, 9.17) is 15.9 Å². The van der Waals surface area contributed by atoms with Crippen molar-refractivity contribution in [2.75, 3.05) is 5.73 Å². The van der Waals surface area contributed by atoms with Gasteiger partial charge in [-0.15, -0.1) is 0 Å². The quantitative estimate of drug-likeness (QED) is 0.737. The fraction of sp³-hybridized carbons (Fsp3) is 0.333. The zero-order valence-electron chi connectivity index (χ0n) is 10.4. The van der Waals surface area contributed by atoms with Crippen LogP contribution in [0.25, 0.3) is 0 Å². The highest BCUT2D eigenvalue weighted by molar-refractivity contribution is 5.88. The van der Waals surface area contributed by atoms with Crippen LogP contribution >= 0.6 is 0 Å². The van der Waals surface area contributed by atoms with Gasteiger partial charge in [-0.2, -0.15) is 13.2 Å². The van der Waals surface area contributed by atoms with E-state index in [0.29, 0.717) is 12.1 Å². The molecule has 0 heterocycles. The third-order valence-corrected chi connectivity index (χ3v) is 2.95. The van der Waals surface area contributed by atoms with E-state index in [1.807, 2.05) is 0 Å². The van der Waals surface area contributed by atoms with E-state index >= 15 is 0 Å². The molecule has 0 spiro atoms. The Morgan fingerprint density at radius 1 is 1.25 bits per heavy atom.